The second-order valence-corrected chi connectivity index (χ2v) is 5.51. The summed E-state index contributed by atoms with van der Waals surface area (Å²) in [6.07, 6.45) is 2.51. The maximum atomic E-state index is 11.1. The zero-order valence-corrected chi connectivity index (χ0v) is 11.8. The van der Waals surface area contributed by atoms with Gasteiger partial charge in [-0.05, 0) is 66.0 Å². The van der Waals surface area contributed by atoms with Crippen LogP contribution in [0.5, 0.6) is 0 Å². The highest BCUT2D eigenvalue weighted by Gasteiger charge is 2.13. The molecule has 1 aliphatic rings. The lowest BCUT2D eigenvalue weighted by molar-refractivity contribution is 0.0999. The molecule has 1 heterocycles. The van der Waals surface area contributed by atoms with Gasteiger partial charge in [-0.3, -0.25) is 4.79 Å². The number of benzene rings is 1. The van der Waals surface area contributed by atoms with Crippen LogP contribution in [-0.2, 0) is 0 Å². The van der Waals surface area contributed by atoms with Gasteiger partial charge in [-0.25, -0.2) is 0 Å². The van der Waals surface area contributed by atoms with Crippen molar-refractivity contribution in [1.82, 2.24) is 5.32 Å². The fourth-order valence-electron chi connectivity index (χ4n) is 2.19. The van der Waals surface area contributed by atoms with Crippen LogP contribution >= 0.6 is 15.9 Å². The minimum Gasteiger partial charge on any atom is -0.385 e. The molecule has 1 aliphatic heterocycles. The van der Waals surface area contributed by atoms with Gasteiger partial charge in [0.25, 0.3) is 0 Å². The molecular formula is C13H18BrN3O. The van der Waals surface area contributed by atoms with E-state index >= 15 is 0 Å². The molecule has 0 aromatic heterocycles. The molecule has 1 aromatic rings. The number of amides is 1. The molecule has 4 nitrogen and oxygen atoms in total. The van der Waals surface area contributed by atoms with Gasteiger partial charge >= 0.3 is 0 Å². The normalized spacial score (nSPS) is 19.5. The molecule has 18 heavy (non-hydrogen) atoms. The standard InChI is InChI=1S/C13H18BrN3O/c14-12-6-10(3-4-11(12)13(15)18)17-8-9-2-1-5-16-7-9/h3-4,6,9,16-17H,1-2,5,7-8H2,(H2,15,18). The Morgan fingerprint density at radius 2 is 2.39 bits per heavy atom. The monoisotopic (exact) mass is 311 g/mol. The van der Waals surface area contributed by atoms with Crippen molar-refractivity contribution in [2.75, 3.05) is 25.0 Å². The summed E-state index contributed by atoms with van der Waals surface area (Å²) < 4.78 is 0.738. The quantitative estimate of drug-likeness (QED) is 0.796. The Bertz CT molecular complexity index is 430. The first-order valence-electron chi connectivity index (χ1n) is 6.21. The molecule has 0 spiro atoms. The number of nitrogens with two attached hydrogens (primary N) is 1. The van der Waals surface area contributed by atoms with Crippen molar-refractivity contribution in [3.63, 3.8) is 0 Å². The van der Waals surface area contributed by atoms with E-state index in [4.69, 9.17) is 5.73 Å². The second-order valence-electron chi connectivity index (χ2n) is 4.65. The Morgan fingerprint density at radius 1 is 1.56 bits per heavy atom. The average Bonchev–Trinajstić information content (AvgIpc) is 2.37. The van der Waals surface area contributed by atoms with Crippen molar-refractivity contribution in [1.29, 1.82) is 0 Å². The molecule has 0 bridgehead atoms. The van der Waals surface area contributed by atoms with Crippen LogP contribution in [0.15, 0.2) is 22.7 Å². The van der Waals surface area contributed by atoms with Gasteiger partial charge < -0.3 is 16.4 Å². The van der Waals surface area contributed by atoms with Crippen LogP contribution in [-0.4, -0.2) is 25.5 Å². The molecule has 1 saturated heterocycles. The van der Waals surface area contributed by atoms with Crippen molar-refractivity contribution >= 4 is 27.5 Å². The highest BCUT2D eigenvalue weighted by atomic mass is 79.9. The lowest BCUT2D eigenvalue weighted by atomic mass is 10.00. The highest BCUT2D eigenvalue weighted by molar-refractivity contribution is 9.10. The molecule has 1 fully saturated rings. The Balaban J connectivity index is 1.93. The third kappa shape index (κ3) is 3.46. The number of anilines is 1. The summed E-state index contributed by atoms with van der Waals surface area (Å²) in [6, 6.07) is 5.53. The molecule has 5 heteroatoms. The average molecular weight is 312 g/mol. The van der Waals surface area contributed by atoms with Gasteiger partial charge in [-0.2, -0.15) is 0 Å². The number of nitrogens with one attached hydrogen (secondary N) is 2. The summed E-state index contributed by atoms with van der Waals surface area (Å²) >= 11 is 3.36. The van der Waals surface area contributed by atoms with Gasteiger partial charge in [-0.1, -0.05) is 0 Å². The van der Waals surface area contributed by atoms with Gasteiger partial charge in [0, 0.05) is 16.7 Å². The first-order valence-corrected chi connectivity index (χ1v) is 7.00. The molecule has 1 unspecified atom stereocenters. The number of hydrogen-bond acceptors (Lipinski definition) is 3. The van der Waals surface area contributed by atoms with E-state index in [1.807, 2.05) is 12.1 Å². The molecule has 2 rings (SSSR count). The van der Waals surface area contributed by atoms with E-state index in [9.17, 15) is 4.79 Å². The van der Waals surface area contributed by atoms with E-state index in [0.717, 1.165) is 29.8 Å². The largest absolute Gasteiger partial charge is 0.385 e. The van der Waals surface area contributed by atoms with Crippen molar-refractivity contribution in [2.45, 2.75) is 12.8 Å². The number of piperidine rings is 1. The fourth-order valence-corrected chi connectivity index (χ4v) is 2.76. The van der Waals surface area contributed by atoms with E-state index in [-0.39, 0.29) is 0 Å². The molecule has 1 atom stereocenters. The van der Waals surface area contributed by atoms with E-state index in [1.54, 1.807) is 6.07 Å². The Labute approximate surface area is 115 Å². The first-order chi connectivity index (χ1) is 8.66. The molecule has 0 radical (unpaired) electrons. The van der Waals surface area contributed by atoms with Crippen LogP contribution < -0.4 is 16.4 Å². The lowest BCUT2D eigenvalue weighted by Crippen LogP contribution is -2.33. The Hall–Kier alpha value is -1.07. The zero-order chi connectivity index (χ0) is 13.0. The Morgan fingerprint density at radius 3 is 3.00 bits per heavy atom. The number of halogens is 1. The maximum Gasteiger partial charge on any atom is 0.249 e. The van der Waals surface area contributed by atoms with Crippen molar-refractivity contribution in [2.24, 2.45) is 11.7 Å². The molecule has 0 saturated carbocycles. The first kappa shape index (κ1) is 13.4. The summed E-state index contributed by atoms with van der Waals surface area (Å²) in [5.74, 6) is 0.262. The summed E-state index contributed by atoms with van der Waals surface area (Å²) in [4.78, 5) is 11.1. The number of carbonyl (C=O) groups is 1. The van der Waals surface area contributed by atoms with Crippen LogP contribution in [0.1, 0.15) is 23.2 Å². The topological polar surface area (TPSA) is 67.2 Å². The second kappa shape index (κ2) is 6.20. The number of carbonyl (C=O) groups excluding carboxylic acids is 1. The number of hydrogen-bond donors (Lipinski definition) is 3. The molecule has 98 valence electrons. The predicted molar refractivity (Wildman–Crippen MR) is 76.7 cm³/mol. The summed E-state index contributed by atoms with van der Waals surface area (Å²) in [7, 11) is 0. The van der Waals surface area contributed by atoms with Gasteiger partial charge in [0.2, 0.25) is 5.91 Å². The third-order valence-corrected chi connectivity index (χ3v) is 3.88. The van der Waals surface area contributed by atoms with E-state index < -0.39 is 5.91 Å². The molecule has 1 amide bonds. The van der Waals surface area contributed by atoms with Crippen molar-refractivity contribution in [3.8, 4) is 0 Å². The van der Waals surface area contributed by atoms with E-state index in [0.29, 0.717) is 11.5 Å². The number of primary amides is 1. The number of rotatable bonds is 4. The lowest BCUT2D eigenvalue weighted by Gasteiger charge is -2.23. The fraction of sp³-hybridized carbons (Fsp3) is 0.462. The minimum absolute atomic E-state index is 0.412. The van der Waals surface area contributed by atoms with E-state index in [1.165, 1.54) is 12.8 Å². The van der Waals surface area contributed by atoms with Crippen molar-refractivity contribution < 1.29 is 4.79 Å². The molecule has 0 aliphatic carbocycles. The maximum absolute atomic E-state index is 11.1. The summed E-state index contributed by atoms with van der Waals surface area (Å²) in [5.41, 5.74) is 6.78. The van der Waals surface area contributed by atoms with Gasteiger partial charge in [0.15, 0.2) is 0 Å². The van der Waals surface area contributed by atoms with Gasteiger partial charge in [0.1, 0.15) is 0 Å². The smallest absolute Gasteiger partial charge is 0.249 e. The molecule has 4 N–H and O–H groups in total. The van der Waals surface area contributed by atoms with Gasteiger partial charge in [0.05, 0.1) is 5.56 Å². The summed E-state index contributed by atoms with van der Waals surface area (Å²) in [6.45, 7) is 3.16. The zero-order valence-electron chi connectivity index (χ0n) is 10.2. The van der Waals surface area contributed by atoms with Crippen molar-refractivity contribution in [3.05, 3.63) is 28.2 Å². The SMILES string of the molecule is NC(=O)c1ccc(NCC2CCCNC2)cc1Br. The minimum atomic E-state index is -0.412. The summed E-state index contributed by atoms with van der Waals surface area (Å²) in [5, 5.41) is 6.80. The van der Waals surface area contributed by atoms with Crippen LogP contribution in [0.4, 0.5) is 5.69 Å². The predicted octanol–water partition coefficient (Wildman–Crippen LogP) is 1.96. The van der Waals surface area contributed by atoms with Crippen LogP contribution in [0.25, 0.3) is 0 Å². The molecular weight excluding hydrogens is 294 g/mol. The van der Waals surface area contributed by atoms with E-state index in [2.05, 4.69) is 26.6 Å². The Kier molecular flexibility index (Phi) is 4.60. The third-order valence-electron chi connectivity index (χ3n) is 3.23. The molecule has 1 aromatic carbocycles. The van der Waals surface area contributed by atoms with Crippen LogP contribution in [0, 0.1) is 5.92 Å². The van der Waals surface area contributed by atoms with Gasteiger partial charge in [-0.15, -0.1) is 0 Å². The van der Waals surface area contributed by atoms with Crippen LogP contribution in [0.3, 0.4) is 0 Å². The van der Waals surface area contributed by atoms with Crippen LogP contribution in [0.2, 0.25) is 0 Å². The highest BCUT2D eigenvalue weighted by Crippen LogP contribution is 2.22.